The molecule has 1 aliphatic heterocycles. The van der Waals surface area contributed by atoms with E-state index in [4.69, 9.17) is 0 Å². The van der Waals surface area contributed by atoms with Crippen molar-refractivity contribution in [3.8, 4) is 0 Å². The van der Waals surface area contributed by atoms with Gasteiger partial charge in [-0.1, -0.05) is 19.8 Å². The average Bonchev–Trinajstić information content (AvgIpc) is 2.71. The van der Waals surface area contributed by atoms with Crippen LogP contribution in [0.25, 0.3) is 0 Å². The van der Waals surface area contributed by atoms with Crippen LogP contribution in [0.4, 0.5) is 0 Å². The van der Waals surface area contributed by atoms with Crippen LogP contribution in [-0.4, -0.2) is 45.0 Å². The molecule has 5 nitrogen and oxygen atoms in total. The summed E-state index contributed by atoms with van der Waals surface area (Å²) >= 11 is 0. The molecular weight excluding hydrogens is 264 g/mol. The average molecular weight is 290 g/mol. The van der Waals surface area contributed by atoms with Gasteiger partial charge in [-0.05, 0) is 32.2 Å². The van der Waals surface area contributed by atoms with Crippen molar-refractivity contribution in [3.63, 3.8) is 0 Å². The summed E-state index contributed by atoms with van der Waals surface area (Å²) in [7, 11) is -2.82. The predicted octanol–water partition coefficient (Wildman–Crippen LogP) is 0.706. The number of hydrogen-bond acceptors (Lipinski definition) is 4. The van der Waals surface area contributed by atoms with Crippen LogP contribution in [0.3, 0.4) is 0 Å². The minimum Gasteiger partial charge on any atom is -0.355 e. The first-order valence-corrected chi connectivity index (χ1v) is 8.98. The van der Waals surface area contributed by atoms with Crippen molar-refractivity contribution in [2.24, 2.45) is 5.92 Å². The van der Waals surface area contributed by atoms with Crippen LogP contribution in [-0.2, 0) is 14.6 Å². The molecule has 1 amide bonds. The Morgan fingerprint density at radius 2 is 2.11 bits per heavy atom. The quantitative estimate of drug-likeness (QED) is 0.646. The molecule has 19 heavy (non-hydrogen) atoms. The van der Waals surface area contributed by atoms with Gasteiger partial charge in [-0.2, -0.15) is 0 Å². The highest BCUT2D eigenvalue weighted by molar-refractivity contribution is 7.91. The monoisotopic (exact) mass is 290 g/mol. The number of carbonyl (C=O) groups is 1. The fourth-order valence-corrected chi connectivity index (χ4v) is 4.07. The van der Waals surface area contributed by atoms with E-state index < -0.39 is 9.84 Å². The molecule has 0 bridgehead atoms. The van der Waals surface area contributed by atoms with Crippen LogP contribution >= 0.6 is 0 Å². The van der Waals surface area contributed by atoms with Crippen LogP contribution < -0.4 is 10.6 Å². The van der Waals surface area contributed by atoms with Gasteiger partial charge >= 0.3 is 0 Å². The molecule has 1 fully saturated rings. The van der Waals surface area contributed by atoms with Gasteiger partial charge in [-0.3, -0.25) is 4.79 Å². The second-order valence-electron chi connectivity index (χ2n) is 5.40. The van der Waals surface area contributed by atoms with Crippen LogP contribution in [0.2, 0.25) is 0 Å². The molecule has 0 spiro atoms. The van der Waals surface area contributed by atoms with Gasteiger partial charge in [-0.25, -0.2) is 8.42 Å². The van der Waals surface area contributed by atoms with E-state index in [1.54, 1.807) is 0 Å². The third-order valence-corrected chi connectivity index (χ3v) is 5.35. The molecule has 0 aromatic rings. The molecule has 2 atom stereocenters. The highest BCUT2D eigenvalue weighted by atomic mass is 32.2. The first kappa shape index (κ1) is 16.4. The third kappa shape index (κ3) is 6.38. The summed E-state index contributed by atoms with van der Waals surface area (Å²) in [5.41, 5.74) is 0. The summed E-state index contributed by atoms with van der Waals surface area (Å²) in [5, 5.41) is 6.02. The lowest BCUT2D eigenvalue weighted by atomic mass is 10.1. The van der Waals surface area contributed by atoms with Crippen molar-refractivity contribution < 1.29 is 13.2 Å². The van der Waals surface area contributed by atoms with Crippen molar-refractivity contribution in [2.75, 3.05) is 24.6 Å². The Kier molecular flexibility index (Phi) is 6.79. The van der Waals surface area contributed by atoms with E-state index >= 15 is 0 Å². The molecule has 2 unspecified atom stereocenters. The number of carbonyl (C=O) groups excluding carboxylic acids is 1. The lowest BCUT2D eigenvalue weighted by Gasteiger charge is -2.16. The van der Waals surface area contributed by atoms with Gasteiger partial charge in [0.05, 0.1) is 17.5 Å². The van der Waals surface area contributed by atoms with E-state index in [2.05, 4.69) is 17.6 Å². The highest BCUT2D eigenvalue weighted by Gasteiger charge is 2.28. The maximum absolute atomic E-state index is 11.7. The number of nitrogens with one attached hydrogen (secondary N) is 2. The number of rotatable bonds is 8. The Labute approximate surface area is 116 Å². The molecule has 1 saturated heterocycles. The number of hydrogen-bond donors (Lipinski definition) is 2. The Balaban J connectivity index is 2.16. The normalized spacial score (nSPS) is 23.2. The van der Waals surface area contributed by atoms with Crippen LogP contribution in [0.5, 0.6) is 0 Å². The number of sulfone groups is 1. The van der Waals surface area contributed by atoms with Gasteiger partial charge in [0.15, 0.2) is 9.84 Å². The summed E-state index contributed by atoms with van der Waals surface area (Å²) in [6.45, 7) is 5.26. The SMILES string of the molecule is CCCCCNC(=O)C(C)NCC1CCS(=O)(=O)C1. The molecule has 0 radical (unpaired) electrons. The van der Waals surface area contributed by atoms with Crippen LogP contribution in [0.15, 0.2) is 0 Å². The molecule has 112 valence electrons. The molecule has 0 aromatic heterocycles. The van der Waals surface area contributed by atoms with Crippen molar-refractivity contribution >= 4 is 15.7 Å². The first-order valence-electron chi connectivity index (χ1n) is 7.16. The zero-order chi connectivity index (χ0) is 14.3. The summed E-state index contributed by atoms with van der Waals surface area (Å²) < 4.78 is 22.6. The Morgan fingerprint density at radius 1 is 1.37 bits per heavy atom. The number of unbranched alkanes of at least 4 members (excludes halogenated alkanes) is 2. The lowest BCUT2D eigenvalue weighted by molar-refractivity contribution is -0.122. The Bertz CT molecular complexity index is 381. The molecule has 6 heteroatoms. The van der Waals surface area contributed by atoms with Gasteiger partial charge in [0.25, 0.3) is 0 Å². The molecule has 2 N–H and O–H groups in total. The second kappa shape index (κ2) is 7.85. The van der Waals surface area contributed by atoms with Gasteiger partial charge in [0.1, 0.15) is 0 Å². The van der Waals surface area contributed by atoms with Crippen molar-refractivity contribution in [1.29, 1.82) is 0 Å². The molecule has 0 aliphatic carbocycles. The molecule has 1 heterocycles. The fourth-order valence-electron chi connectivity index (χ4n) is 2.21. The van der Waals surface area contributed by atoms with E-state index in [0.717, 1.165) is 25.8 Å². The first-order chi connectivity index (χ1) is 8.94. The van der Waals surface area contributed by atoms with Crippen molar-refractivity contribution in [3.05, 3.63) is 0 Å². The van der Waals surface area contributed by atoms with E-state index in [-0.39, 0.29) is 29.4 Å². The summed E-state index contributed by atoms with van der Waals surface area (Å²) in [4.78, 5) is 11.7. The molecule has 1 rings (SSSR count). The van der Waals surface area contributed by atoms with Crippen molar-refractivity contribution in [1.82, 2.24) is 10.6 Å². The predicted molar refractivity (Wildman–Crippen MR) is 76.8 cm³/mol. The van der Waals surface area contributed by atoms with Gasteiger partial charge in [-0.15, -0.1) is 0 Å². The summed E-state index contributed by atoms with van der Waals surface area (Å²) in [6, 6.07) is -0.259. The second-order valence-corrected chi connectivity index (χ2v) is 7.63. The summed E-state index contributed by atoms with van der Waals surface area (Å²) in [5.74, 6) is 0.694. The third-order valence-electron chi connectivity index (χ3n) is 3.51. The van der Waals surface area contributed by atoms with E-state index in [0.29, 0.717) is 13.0 Å². The van der Waals surface area contributed by atoms with Gasteiger partial charge < -0.3 is 10.6 Å². The number of amides is 1. The standard InChI is InChI=1S/C13H26N2O3S/c1-3-4-5-7-14-13(16)11(2)15-9-12-6-8-19(17,18)10-12/h11-12,15H,3-10H2,1-2H3,(H,14,16). The van der Waals surface area contributed by atoms with Crippen molar-refractivity contribution in [2.45, 2.75) is 45.6 Å². The van der Waals surface area contributed by atoms with E-state index in [9.17, 15) is 13.2 Å². The van der Waals surface area contributed by atoms with E-state index in [1.165, 1.54) is 0 Å². The Morgan fingerprint density at radius 3 is 2.68 bits per heavy atom. The minimum atomic E-state index is -2.82. The van der Waals surface area contributed by atoms with Crippen LogP contribution in [0.1, 0.15) is 39.5 Å². The van der Waals surface area contributed by atoms with Gasteiger partial charge in [0.2, 0.25) is 5.91 Å². The van der Waals surface area contributed by atoms with Crippen LogP contribution in [0, 0.1) is 5.92 Å². The lowest BCUT2D eigenvalue weighted by Crippen LogP contribution is -2.44. The van der Waals surface area contributed by atoms with Gasteiger partial charge in [0, 0.05) is 6.54 Å². The summed E-state index contributed by atoms with van der Waals surface area (Å²) in [6.07, 6.45) is 3.98. The smallest absolute Gasteiger partial charge is 0.236 e. The molecular formula is C13H26N2O3S. The molecule has 1 aliphatic rings. The topological polar surface area (TPSA) is 75.3 Å². The largest absolute Gasteiger partial charge is 0.355 e. The molecule has 0 aromatic carbocycles. The maximum Gasteiger partial charge on any atom is 0.236 e. The fraction of sp³-hybridized carbons (Fsp3) is 0.923. The zero-order valence-electron chi connectivity index (χ0n) is 11.9. The Hall–Kier alpha value is -0.620. The van der Waals surface area contributed by atoms with E-state index in [1.807, 2.05) is 6.92 Å². The maximum atomic E-state index is 11.7. The zero-order valence-corrected chi connectivity index (χ0v) is 12.8. The molecule has 0 saturated carbocycles. The minimum absolute atomic E-state index is 0.00282. The highest BCUT2D eigenvalue weighted by Crippen LogP contribution is 2.17.